The minimum absolute atomic E-state index is 0.0903. The molecule has 0 spiro atoms. The standard InChI is InChI=1S/C18H16N4OS/c1-12-8-16(24-11-12)18(23)22-7-5-14-13(10-22)9-20-17(21-14)15-4-2-3-6-19-15/h2-4,6,8-9,11H,5,7,10H2,1H3. The first-order chi connectivity index (χ1) is 11.7. The van der Waals surface area contributed by atoms with Crippen molar-refractivity contribution in [2.24, 2.45) is 0 Å². The third-order valence-corrected chi connectivity index (χ3v) is 5.09. The molecule has 24 heavy (non-hydrogen) atoms. The highest BCUT2D eigenvalue weighted by molar-refractivity contribution is 7.12. The fourth-order valence-corrected chi connectivity index (χ4v) is 3.67. The Bertz CT molecular complexity index is 891. The minimum atomic E-state index is 0.0903. The topological polar surface area (TPSA) is 59.0 Å². The van der Waals surface area contributed by atoms with Crippen molar-refractivity contribution in [1.82, 2.24) is 19.9 Å². The number of thiophene rings is 1. The molecule has 0 atom stereocenters. The highest BCUT2D eigenvalue weighted by Gasteiger charge is 2.24. The van der Waals surface area contributed by atoms with Crippen molar-refractivity contribution in [2.45, 2.75) is 19.9 Å². The fourth-order valence-electron chi connectivity index (χ4n) is 2.81. The number of hydrogen-bond acceptors (Lipinski definition) is 5. The second kappa shape index (κ2) is 6.13. The van der Waals surface area contributed by atoms with E-state index in [1.165, 1.54) is 11.3 Å². The van der Waals surface area contributed by atoms with Crippen molar-refractivity contribution in [3.63, 3.8) is 0 Å². The van der Waals surface area contributed by atoms with Gasteiger partial charge in [-0.1, -0.05) is 6.07 Å². The summed E-state index contributed by atoms with van der Waals surface area (Å²) in [4.78, 5) is 28.6. The van der Waals surface area contributed by atoms with Crippen molar-refractivity contribution in [2.75, 3.05) is 6.54 Å². The quantitative estimate of drug-likeness (QED) is 0.721. The number of hydrogen-bond donors (Lipinski definition) is 0. The predicted molar refractivity (Wildman–Crippen MR) is 92.8 cm³/mol. The number of fused-ring (bicyclic) bond motifs is 1. The third-order valence-electron chi connectivity index (χ3n) is 4.06. The largest absolute Gasteiger partial charge is 0.333 e. The number of aryl methyl sites for hydroxylation is 1. The van der Waals surface area contributed by atoms with Crippen LogP contribution in [0.15, 0.2) is 42.0 Å². The van der Waals surface area contributed by atoms with Crippen LogP contribution in [0.5, 0.6) is 0 Å². The van der Waals surface area contributed by atoms with Crippen molar-refractivity contribution < 1.29 is 4.79 Å². The van der Waals surface area contributed by atoms with Gasteiger partial charge in [0.15, 0.2) is 5.82 Å². The molecule has 0 unspecified atom stereocenters. The van der Waals surface area contributed by atoms with E-state index in [-0.39, 0.29) is 5.91 Å². The van der Waals surface area contributed by atoms with Crippen molar-refractivity contribution >= 4 is 17.2 Å². The van der Waals surface area contributed by atoms with Crippen LogP contribution in [0, 0.1) is 6.92 Å². The zero-order chi connectivity index (χ0) is 16.5. The first-order valence-corrected chi connectivity index (χ1v) is 8.69. The zero-order valence-electron chi connectivity index (χ0n) is 13.3. The number of carbonyl (C=O) groups excluding carboxylic acids is 1. The zero-order valence-corrected chi connectivity index (χ0v) is 14.1. The molecule has 1 aliphatic heterocycles. The summed E-state index contributed by atoms with van der Waals surface area (Å²) in [5.41, 5.74) is 3.93. The van der Waals surface area contributed by atoms with Crippen LogP contribution >= 0.6 is 11.3 Å². The summed E-state index contributed by atoms with van der Waals surface area (Å²) in [7, 11) is 0. The van der Waals surface area contributed by atoms with Gasteiger partial charge in [-0.2, -0.15) is 0 Å². The van der Waals surface area contributed by atoms with Crippen LogP contribution in [0.4, 0.5) is 0 Å². The third kappa shape index (κ3) is 2.80. The predicted octanol–water partition coefficient (Wildman–Crippen LogP) is 3.11. The first-order valence-electron chi connectivity index (χ1n) is 7.81. The van der Waals surface area contributed by atoms with E-state index >= 15 is 0 Å². The van der Waals surface area contributed by atoms with E-state index in [0.29, 0.717) is 18.9 Å². The summed E-state index contributed by atoms with van der Waals surface area (Å²) in [5.74, 6) is 0.732. The molecular formula is C18H16N4OS. The van der Waals surface area contributed by atoms with Crippen LogP contribution in [0.25, 0.3) is 11.5 Å². The van der Waals surface area contributed by atoms with Gasteiger partial charge in [0.1, 0.15) is 5.69 Å². The number of rotatable bonds is 2. The lowest BCUT2D eigenvalue weighted by Gasteiger charge is -2.27. The number of carbonyl (C=O) groups is 1. The van der Waals surface area contributed by atoms with Crippen LogP contribution in [-0.4, -0.2) is 32.3 Å². The lowest BCUT2D eigenvalue weighted by atomic mass is 10.1. The number of nitrogens with zero attached hydrogens (tertiary/aromatic N) is 4. The minimum Gasteiger partial charge on any atom is -0.333 e. The van der Waals surface area contributed by atoms with E-state index in [9.17, 15) is 4.79 Å². The van der Waals surface area contributed by atoms with Gasteiger partial charge in [0, 0.05) is 37.5 Å². The van der Waals surface area contributed by atoms with Crippen LogP contribution in [0.1, 0.15) is 26.5 Å². The Balaban J connectivity index is 1.57. The average molecular weight is 336 g/mol. The normalized spacial score (nSPS) is 13.6. The maximum absolute atomic E-state index is 12.6. The van der Waals surface area contributed by atoms with E-state index in [4.69, 9.17) is 0 Å². The van der Waals surface area contributed by atoms with Gasteiger partial charge in [0.25, 0.3) is 5.91 Å². The molecule has 0 aromatic carbocycles. The molecule has 4 heterocycles. The maximum atomic E-state index is 12.6. The molecule has 0 aliphatic carbocycles. The monoisotopic (exact) mass is 336 g/mol. The molecule has 0 N–H and O–H groups in total. The maximum Gasteiger partial charge on any atom is 0.264 e. The van der Waals surface area contributed by atoms with Crippen molar-refractivity contribution in [3.05, 3.63) is 63.7 Å². The molecule has 0 saturated carbocycles. The first kappa shape index (κ1) is 15.0. The molecule has 6 heteroatoms. The van der Waals surface area contributed by atoms with E-state index in [1.54, 1.807) is 6.20 Å². The molecule has 120 valence electrons. The summed E-state index contributed by atoms with van der Waals surface area (Å²) in [6.07, 6.45) is 4.31. The van der Waals surface area contributed by atoms with Gasteiger partial charge in [-0.3, -0.25) is 9.78 Å². The lowest BCUT2D eigenvalue weighted by molar-refractivity contribution is 0.0738. The molecule has 1 amide bonds. The van der Waals surface area contributed by atoms with Crippen LogP contribution < -0.4 is 0 Å². The second-order valence-corrected chi connectivity index (χ2v) is 6.76. The van der Waals surface area contributed by atoms with E-state index in [1.807, 2.05) is 47.7 Å². The highest BCUT2D eigenvalue weighted by atomic mass is 32.1. The molecular weight excluding hydrogens is 320 g/mol. The number of pyridine rings is 1. The van der Waals surface area contributed by atoms with Gasteiger partial charge < -0.3 is 4.90 Å². The van der Waals surface area contributed by atoms with Crippen LogP contribution in [0.3, 0.4) is 0 Å². The Morgan fingerprint density at radius 2 is 2.21 bits per heavy atom. The van der Waals surface area contributed by atoms with E-state index < -0.39 is 0 Å². The number of amides is 1. The van der Waals surface area contributed by atoms with E-state index in [2.05, 4.69) is 15.0 Å². The highest BCUT2D eigenvalue weighted by Crippen LogP contribution is 2.23. The van der Waals surface area contributed by atoms with Gasteiger partial charge >= 0.3 is 0 Å². The van der Waals surface area contributed by atoms with Gasteiger partial charge in [-0.05, 0) is 36.1 Å². The smallest absolute Gasteiger partial charge is 0.264 e. The SMILES string of the molecule is Cc1csc(C(=O)N2CCc3nc(-c4ccccn4)ncc3C2)c1. The average Bonchev–Trinajstić information content (AvgIpc) is 3.07. The van der Waals surface area contributed by atoms with E-state index in [0.717, 1.165) is 33.8 Å². The molecule has 1 aliphatic rings. The second-order valence-electron chi connectivity index (χ2n) is 5.85. The number of aromatic nitrogens is 3. The molecule has 0 bridgehead atoms. The summed E-state index contributed by atoms with van der Waals surface area (Å²) in [6.45, 7) is 3.25. The Morgan fingerprint density at radius 1 is 1.29 bits per heavy atom. The Labute approximate surface area is 144 Å². The van der Waals surface area contributed by atoms with Gasteiger partial charge in [-0.25, -0.2) is 9.97 Å². The van der Waals surface area contributed by atoms with Gasteiger partial charge in [0.05, 0.1) is 10.6 Å². The fraction of sp³-hybridized carbons (Fsp3) is 0.222. The molecule has 0 fully saturated rings. The van der Waals surface area contributed by atoms with Crippen molar-refractivity contribution in [3.8, 4) is 11.5 Å². The summed E-state index contributed by atoms with van der Waals surface area (Å²) in [6, 6.07) is 7.65. The molecule has 3 aromatic heterocycles. The molecule has 0 radical (unpaired) electrons. The molecule has 4 rings (SSSR count). The Hall–Kier alpha value is -2.60. The molecule has 3 aromatic rings. The van der Waals surface area contributed by atoms with Gasteiger partial charge in [0.2, 0.25) is 0 Å². The summed E-state index contributed by atoms with van der Waals surface area (Å²) in [5, 5.41) is 2.01. The molecule has 5 nitrogen and oxygen atoms in total. The van der Waals surface area contributed by atoms with Crippen LogP contribution in [0.2, 0.25) is 0 Å². The summed E-state index contributed by atoms with van der Waals surface area (Å²) < 4.78 is 0. The van der Waals surface area contributed by atoms with Crippen LogP contribution in [-0.2, 0) is 13.0 Å². The Morgan fingerprint density at radius 3 is 2.96 bits per heavy atom. The summed E-state index contributed by atoms with van der Waals surface area (Å²) >= 11 is 1.50. The van der Waals surface area contributed by atoms with Gasteiger partial charge in [-0.15, -0.1) is 11.3 Å². The molecule has 0 saturated heterocycles. The Kier molecular flexibility index (Phi) is 3.82. The lowest BCUT2D eigenvalue weighted by Crippen LogP contribution is -2.36. The van der Waals surface area contributed by atoms with Crippen molar-refractivity contribution in [1.29, 1.82) is 0 Å².